The molecule has 1 aliphatic rings. The van der Waals surface area contributed by atoms with Crippen LogP contribution in [0, 0.1) is 5.92 Å². The maximum Gasteiger partial charge on any atom is 0.246 e. The van der Waals surface area contributed by atoms with Crippen LogP contribution in [0.5, 0.6) is 11.5 Å². The molecule has 0 radical (unpaired) electrons. The third-order valence-corrected chi connectivity index (χ3v) is 6.18. The average Bonchev–Trinajstić information content (AvgIpc) is 2.65. The fraction of sp³-hybridized carbons (Fsp3) is 0.588. The summed E-state index contributed by atoms with van der Waals surface area (Å²) in [4.78, 5) is 12.3. The molecule has 0 saturated carbocycles. The minimum absolute atomic E-state index is 0.0592. The van der Waals surface area contributed by atoms with Crippen molar-refractivity contribution in [3.63, 3.8) is 0 Å². The number of rotatable bonds is 7. The molecular formula is C17H26N2O5S. The highest BCUT2D eigenvalue weighted by atomic mass is 32.2. The van der Waals surface area contributed by atoms with E-state index >= 15 is 0 Å². The summed E-state index contributed by atoms with van der Waals surface area (Å²) in [6.45, 7) is 3.15. The molecule has 1 saturated heterocycles. The molecule has 0 aliphatic carbocycles. The Morgan fingerprint density at radius 1 is 1.32 bits per heavy atom. The highest BCUT2D eigenvalue weighted by Crippen LogP contribution is 2.32. The van der Waals surface area contributed by atoms with Crippen LogP contribution in [-0.4, -0.2) is 52.5 Å². The van der Waals surface area contributed by atoms with Gasteiger partial charge in [0, 0.05) is 25.7 Å². The lowest BCUT2D eigenvalue weighted by molar-refractivity contribution is -0.126. The normalized spacial score (nSPS) is 18.6. The number of nitrogens with zero attached hydrogens (tertiary/aromatic N) is 1. The molecule has 1 amide bonds. The van der Waals surface area contributed by atoms with Crippen LogP contribution in [0.15, 0.2) is 23.1 Å². The van der Waals surface area contributed by atoms with Crippen molar-refractivity contribution in [2.75, 3.05) is 33.9 Å². The number of piperidine rings is 1. The predicted octanol–water partition coefficient (Wildman–Crippen LogP) is 1.63. The topological polar surface area (TPSA) is 84.9 Å². The molecule has 1 atom stereocenters. The van der Waals surface area contributed by atoms with Gasteiger partial charge in [0.05, 0.1) is 20.1 Å². The molecule has 0 aromatic heterocycles. The van der Waals surface area contributed by atoms with Crippen molar-refractivity contribution in [2.24, 2.45) is 5.92 Å². The van der Waals surface area contributed by atoms with Crippen LogP contribution in [0.1, 0.15) is 26.2 Å². The number of methoxy groups -OCH3 is 2. The van der Waals surface area contributed by atoms with Crippen molar-refractivity contribution in [1.82, 2.24) is 9.62 Å². The number of nitrogens with one attached hydrogen (secondary N) is 1. The lowest BCUT2D eigenvalue weighted by Gasteiger charge is -2.31. The zero-order valence-electron chi connectivity index (χ0n) is 14.9. The van der Waals surface area contributed by atoms with Gasteiger partial charge in [-0.2, -0.15) is 4.31 Å². The van der Waals surface area contributed by atoms with E-state index in [4.69, 9.17) is 9.47 Å². The van der Waals surface area contributed by atoms with E-state index in [0.29, 0.717) is 31.7 Å². The molecule has 0 unspecified atom stereocenters. The van der Waals surface area contributed by atoms with Crippen LogP contribution in [0.2, 0.25) is 0 Å². The molecule has 1 fully saturated rings. The van der Waals surface area contributed by atoms with E-state index in [9.17, 15) is 13.2 Å². The molecule has 7 nitrogen and oxygen atoms in total. The van der Waals surface area contributed by atoms with Crippen LogP contribution in [0.4, 0.5) is 0 Å². The van der Waals surface area contributed by atoms with Gasteiger partial charge in [0.2, 0.25) is 15.9 Å². The summed E-state index contributed by atoms with van der Waals surface area (Å²) >= 11 is 0. The summed E-state index contributed by atoms with van der Waals surface area (Å²) in [7, 11) is -0.868. The Kier molecular flexibility index (Phi) is 6.66. The minimum atomic E-state index is -3.78. The van der Waals surface area contributed by atoms with Crippen molar-refractivity contribution in [3.8, 4) is 11.5 Å². The molecule has 1 N–H and O–H groups in total. The number of carbonyl (C=O) groups is 1. The van der Waals surface area contributed by atoms with Gasteiger partial charge >= 0.3 is 0 Å². The Labute approximate surface area is 149 Å². The quantitative estimate of drug-likeness (QED) is 0.789. The predicted molar refractivity (Wildman–Crippen MR) is 94.3 cm³/mol. The van der Waals surface area contributed by atoms with Crippen LogP contribution >= 0.6 is 0 Å². The SMILES string of the molecule is CCCNC(=O)[C@H]1CCCN(S(=O)(=O)c2cc(OC)ccc2OC)C1. The molecule has 1 aromatic carbocycles. The van der Waals surface area contributed by atoms with Gasteiger partial charge < -0.3 is 14.8 Å². The first-order chi connectivity index (χ1) is 11.9. The third-order valence-electron chi connectivity index (χ3n) is 4.29. The summed E-state index contributed by atoms with van der Waals surface area (Å²) < 4.78 is 37.9. The molecule has 0 spiro atoms. The number of hydrogen-bond acceptors (Lipinski definition) is 5. The van der Waals surface area contributed by atoms with Gasteiger partial charge in [0.25, 0.3) is 0 Å². The summed E-state index contributed by atoms with van der Waals surface area (Å²) in [5.74, 6) is 0.290. The smallest absolute Gasteiger partial charge is 0.246 e. The number of sulfonamides is 1. The number of benzene rings is 1. The van der Waals surface area contributed by atoms with Crippen molar-refractivity contribution in [3.05, 3.63) is 18.2 Å². The number of ether oxygens (including phenoxy) is 2. The van der Waals surface area contributed by atoms with Crippen molar-refractivity contribution in [1.29, 1.82) is 0 Å². The van der Waals surface area contributed by atoms with Crippen molar-refractivity contribution < 1.29 is 22.7 Å². The zero-order valence-corrected chi connectivity index (χ0v) is 15.8. The molecule has 0 bridgehead atoms. The summed E-state index contributed by atoms with van der Waals surface area (Å²) in [5.41, 5.74) is 0. The maximum atomic E-state index is 13.1. The van der Waals surface area contributed by atoms with E-state index in [1.807, 2.05) is 6.92 Å². The number of hydrogen-bond donors (Lipinski definition) is 1. The standard InChI is InChI=1S/C17H26N2O5S/c1-4-9-18-17(20)13-6-5-10-19(12-13)25(21,22)16-11-14(23-2)7-8-15(16)24-3/h7-8,11,13H,4-6,9-10,12H2,1-3H3,(H,18,20)/t13-/m0/s1. The van der Waals surface area contributed by atoms with E-state index in [-0.39, 0.29) is 29.0 Å². The molecule has 2 rings (SSSR count). The molecule has 1 heterocycles. The highest BCUT2D eigenvalue weighted by molar-refractivity contribution is 7.89. The number of amides is 1. The Bertz CT molecular complexity index is 705. The van der Waals surface area contributed by atoms with Crippen molar-refractivity contribution >= 4 is 15.9 Å². The second kappa shape index (κ2) is 8.53. The van der Waals surface area contributed by atoms with Gasteiger partial charge in [-0.3, -0.25) is 4.79 Å². The second-order valence-corrected chi connectivity index (χ2v) is 7.92. The van der Waals surface area contributed by atoms with Gasteiger partial charge in [-0.05, 0) is 31.4 Å². The number of carbonyl (C=O) groups excluding carboxylic acids is 1. The lowest BCUT2D eigenvalue weighted by atomic mass is 9.99. The van der Waals surface area contributed by atoms with Gasteiger partial charge in [0.15, 0.2) is 0 Å². The van der Waals surface area contributed by atoms with Crippen LogP contribution in [0.25, 0.3) is 0 Å². The van der Waals surface area contributed by atoms with Crippen LogP contribution in [0.3, 0.4) is 0 Å². The molecule has 8 heteroatoms. The van der Waals surface area contributed by atoms with E-state index in [0.717, 1.165) is 6.42 Å². The molecular weight excluding hydrogens is 344 g/mol. The maximum absolute atomic E-state index is 13.1. The van der Waals surface area contributed by atoms with E-state index in [2.05, 4.69) is 5.32 Å². The fourth-order valence-corrected chi connectivity index (χ4v) is 4.59. The van der Waals surface area contributed by atoms with Gasteiger partial charge in [-0.15, -0.1) is 0 Å². The first-order valence-corrected chi connectivity index (χ1v) is 9.88. The molecule has 25 heavy (non-hydrogen) atoms. The highest BCUT2D eigenvalue weighted by Gasteiger charge is 2.35. The van der Waals surface area contributed by atoms with E-state index in [1.54, 1.807) is 12.1 Å². The molecule has 1 aliphatic heterocycles. The summed E-state index contributed by atoms with van der Waals surface area (Å²) in [6, 6.07) is 4.67. The Balaban J connectivity index is 2.25. The monoisotopic (exact) mass is 370 g/mol. The summed E-state index contributed by atoms with van der Waals surface area (Å²) in [6.07, 6.45) is 2.19. The van der Waals surface area contributed by atoms with Gasteiger partial charge in [-0.25, -0.2) is 8.42 Å². The zero-order chi connectivity index (χ0) is 18.4. The first kappa shape index (κ1) is 19.5. The third kappa shape index (κ3) is 4.43. The van der Waals surface area contributed by atoms with Gasteiger partial charge in [0.1, 0.15) is 16.4 Å². The minimum Gasteiger partial charge on any atom is -0.497 e. The lowest BCUT2D eigenvalue weighted by Crippen LogP contribution is -2.45. The van der Waals surface area contributed by atoms with Crippen LogP contribution in [-0.2, 0) is 14.8 Å². The molecule has 140 valence electrons. The molecule has 1 aromatic rings. The summed E-state index contributed by atoms with van der Waals surface area (Å²) in [5, 5.41) is 2.85. The average molecular weight is 370 g/mol. The van der Waals surface area contributed by atoms with Crippen molar-refractivity contribution in [2.45, 2.75) is 31.1 Å². The van der Waals surface area contributed by atoms with Crippen LogP contribution < -0.4 is 14.8 Å². The Morgan fingerprint density at radius 2 is 2.08 bits per heavy atom. The Hall–Kier alpha value is -1.80. The van der Waals surface area contributed by atoms with E-state index < -0.39 is 10.0 Å². The second-order valence-electron chi connectivity index (χ2n) is 6.01. The van der Waals surface area contributed by atoms with Gasteiger partial charge in [-0.1, -0.05) is 6.92 Å². The van der Waals surface area contributed by atoms with E-state index in [1.165, 1.54) is 24.6 Å². The Morgan fingerprint density at radius 3 is 2.72 bits per heavy atom. The largest absolute Gasteiger partial charge is 0.497 e. The first-order valence-electron chi connectivity index (χ1n) is 8.44. The fourth-order valence-electron chi connectivity index (χ4n) is 2.89.